The summed E-state index contributed by atoms with van der Waals surface area (Å²) in [7, 11) is 1.61. The van der Waals surface area contributed by atoms with Crippen LogP contribution in [0, 0.1) is 0 Å². The van der Waals surface area contributed by atoms with E-state index in [1.165, 1.54) is 12.3 Å². The summed E-state index contributed by atoms with van der Waals surface area (Å²) in [5.74, 6) is -0.317. The van der Waals surface area contributed by atoms with Gasteiger partial charge in [-0.3, -0.25) is 9.78 Å². The van der Waals surface area contributed by atoms with E-state index in [1.54, 1.807) is 13.2 Å². The quantitative estimate of drug-likeness (QED) is 0.297. The molecule has 1 amide bonds. The molecule has 7 heteroatoms. The predicted molar refractivity (Wildman–Crippen MR) is 70.2 cm³/mol. The maximum absolute atomic E-state index is 11.8. The molecule has 1 rings (SSSR count). The van der Waals surface area contributed by atoms with E-state index in [9.17, 15) is 4.79 Å². The molecule has 7 nitrogen and oxygen atoms in total. The highest BCUT2D eigenvalue weighted by atomic mass is 16.5. The fourth-order valence-electron chi connectivity index (χ4n) is 1.40. The van der Waals surface area contributed by atoms with Gasteiger partial charge in [0.25, 0.3) is 5.91 Å². The van der Waals surface area contributed by atoms with Gasteiger partial charge in [0.15, 0.2) is 5.84 Å². The molecule has 1 aromatic rings. The van der Waals surface area contributed by atoms with Crippen molar-refractivity contribution in [1.29, 1.82) is 0 Å². The van der Waals surface area contributed by atoms with E-state index < -0.39 is 0 Å². The summed E-state index contributed by atoms with van der Waals surface area (Å²) in [6.07, 6.45) is 2.11. The highest BCUT2D eigenvalue weighted by Gasteiger charge is 2.11. The number of nitrogens with one attached hydrogen (secondary N) is 1. The third kappa shape index (κ3) is 4.55. The second-order valence-electron chi connectivity index (χ2n) is 4.07. The molecule has 0 aliphatic heterocycles. The molecule has 0 saturated heterocycles. The predicted octanol–water partition coefficient (Wildman–Crippen LogP) is 0.331. The van der Waals surface area contributed by atoms with Crippen molar-refractivity contribution in [3.05, 3.63) is 29.6 Å². The Morgan fingerprint density at radius 2 is 2.37 bits per heavy atom. The van der Waals surface area contributed by atoms with E-state index in [4.69, 9.17) is 15.7 Å². The molecular formula is C12H18N4O3. The van der Waals surface area contributed by atoms with Crippen molar-refractivity contribution in [2.24, 2.45) is 10.9 Å². The highest BCUT2D eigenvalue weighted by molar-refractivity contribution is 5.98. The van der Waals surface area contributed by atoms with Gasteiger partial charge in [-0.2, -0.15) is 0 Å². The van der Waals surface area contributed by atoms with Crippen LogP contribution in [0.15, 0.2) is 23.5 Å². The Balaban J connectivity index is 2.63. The molecule has 0 spiro atoms. The van der Waals surface area contributed by atoms with Crippen LogP contribution in [0.1, 0.15) is 29.4 Å². The van der Waals surface area contributed by atoms with Crippen LogP contribution in [0.5, 0.6) is 0 Å². The summed E-state index contributed by atoms with van der Waals surface area (Å²) in [4.78, 5) is 15.8. The average Bonchev–Trinajstić information content (AvgIpc) is 2.44. The normalized spacial score (nSPS) is 13.1. The van der Waals surface area contributed by atoms with Gasteiger partial charge in [0.1, 0.15) is 5.69 Å². The maximum Gasteiger partial charge on any atom is 0.270 e. The van der Waals surface area contributed by atoms with E-state index >= 15 is 0 Å². The zero-order valence-corrected chi connectivity index (χ0v) is 11.0. The van der Waals surface area contributed by atoms with Crippen molar-refractivity contribution in [2.45, 2.75) is 19.4 Å². The number of nitrogens with zero attached hydrogens (tertiary/aromatic N) is 2. The molecule has 0 saturated carbocycles. The lowest BCUT2D eigenvalue weighted by Gasteiger charge is -2.12. The number of aromatic nitrogens is 1. The molecular weight excluding hydrogens is 248 g/mol. The van der Waals surface area contributed by atoms with Crippen molar-refractivity contribution in [3.63, 3.8) is 0 Å². The largest absolute Gasteiger partial charge is 0.409 e. The van der Waals surface area contributed by atoms with Crippen LogP contribution >= 0.6 is 0 Å². The van der Waals surface area contributed by atoms with Gasteiger partial charge < -0.3 is 21.0 Å². The fourth-order valence-corrected chi connectivity index (χ4v) is 1.40. The van der Waals surface area contributed by atoms with Crippen molar-refractivity contribution >= 4 is 11.7 Å². The van der Waals surface area contributed by atoms with E-state index in [1.807, 2.05) is 6.92 Å². The minimum atomic E-state index is -0.269. The summed E-state index contributed by atoms with van der Waals surface area (Å²) >= 11 is 0. The van der Waals surface area contributed by atoms with Gasteiger partial charge in [0.05, 0.1) is 0 Å². The molecule has 19 heavy (non-hydrogen) atoms. The Hall–Kier alpha value is -2.15. The van der Waals surface area contributed by atoms with Gasteiger partial charge in [-0.1, -0.05) is 5.16 Å². The molecule has 0 bridgehead atoms. The first-order valence-corrected chi connectivity index (χ1v) is 5.82. The summed E-state index contributed by atoms with van der Waals surface area (Å²) in [5.41, 5.74) is 6.13. The molecule has 0 aliphatic carbocycles. The third-order valence-corrected chi connectivity index (χ3v) is 2.53. The Kier molecular flexibility index (Phi) is 5.74. The van der Waals surface area contributed by atoms with Gasteiger partial charge in [-0.15, -0.1) is 0 Å². The number of methoxy groups -OCH3 is 1. The topological polar surface area (TPSA) is 110 Å². The standard InChI is InChI=1S/C12H18N4O3/c1-8(5-6-19-2)15-12(17)10-4-3-9(7-14-10)11(13)16-18/h3-4,7-8,18H,5-6H2,1-2H3,(H2,13,16)(H,15,17). The minimum absolute atomic E-state index is 0.00185. The van der Waals surface area contributed by atoms with Crippen LogP contribution in [0.25, 0.3) is 0 Å². The molecule has 1 atom stereocenters. The van der Waals surface area contributed by atoms with Crippen LogP contribution in [0.4, 0.5) is 0 Å². The van der Waals surface area contributed by atoms with Gasteiger partial charge in [-0.25, -0.2) is 0 Å². The number of ether oxygens (including phenoxy) is 1. The number of rotatable bonds is 6. The number of hydrogen-bond acceptors (Lipinski definition) is 5. The Morgan fingerprint density at radius 3 is 2.89 bits per heavy atom. The number of amidine groups is 1. The monoisotopic (exact) mass is 266 g/mol. The Morgan fingerprint density at radius 1 is 1.63 bits per heavy atom. The summed E-state index contributed by atoms with van der Waals surface area (Å²) in [6.45, 7) is 2.47. The number of oxime groups is 1. The van der Waals surface area contributed by atoms with Crippen molar-refractivity contribution < 1.29 is 14.7 Å². The number of hydrogen-bond donors (Lipinski definition) is 3. The number of nitrogens with two attached hydrogens (primary N) is 1. The molecule has 1 heterocycles. The van der Waals surface area contributed by atoms with Gasteiger partial charge in [0.2, 0.25) is 0 Å². The van der Waals surface area contributed by atoms with E-state index in [-0.39, 0.29) is 23.5 Å². The summed E-state index contributed by atoms with van der Waals surface area (Å²) in [6, 6.07) is 3.08. The zero-order chi connectivity index (χ0) is 14.3. The average molecular weight is 266 g/mol. The smallest absolute Gasteiger partial charge is 0.270 e. The van der Waals surface area contributed by atoms with E-state index in [2.05, 4.69) is 15.5 Å². The van der Waals surface area contributed by atoms with Gasteiger partial charge in [0, 0.05) is 31.5 Å². The van der Waals surface area contributed by atoms with Crippen LogP contribution in [0.3, 0.4) is 0 Å². The second kappa shape index (κ2) is 7.32. The third-order valence-electron chi connectivity index (χ3n) is 2.53. The minimum Gasteiger partial charge on any atom is -0.409 e. The van der Waals surface area contributed by atoms with Crippen LogP contribution in [0.2, 0.25) is 0 Å². The lowest BCUT2D eigenvalue weighted by Crippen LogP contribution is -2.33. The number of amides is 1. The molecule has 0 fully saturated rings. The van der Waals surface area contributed by atoms with Gasteiger partial charge in [-0.05, 0) is 25.5 Å². The Bertz CT molecular complexity index is 445. The Labute approximate surface area is 111 Å². The maximum atomic E-state index is 11.8. The first-order chi connectivity index (χ1) is 9.08. The molecule has 104 valence electrons. The van der Waals surface area contributed by atoms with Crippen molar-refractivity contribution in [1.82, 2.24) is 10.3 Å². The molecule has 0 radical (unpaired) electrons. The zero-order valence-electron chi connectivity index (χ0n) is 11.0. The molecule has 1 aromatic heterocycles. The number of pyridine rings is 1. The van der Waals surface area contributed by atoms with Crippen molar-refractivity contribution in [2.75, 3.05) is 13.7 Å². The molecule has 1 unspecified atom stereocenters. The van der Waals surface area contributed by atoms with Crippen molar-refractivity contribution in [3.8, 4) is 0 Å². The van der Waals surface area contributed by atoms with Crippen LogP contribution in [-0.4, -0.2) is 41.7 Å². The molecule has 4 N–H and O–H groups in total. The second-order valence-corrected chi connectivity index (χ2v) is 4.07. The summed E-state index contributed by atoms with van der Waals surface area (Å²) < 4.78 is 4.94. The molecule has 0 aliphatic rings. The highest BCUT2D eigenvalue weighted by Crippen LogP contribution is 2.01. The lowest BCUT2D eigenvalue weighted by atomic mass is 10.2. The lowest BCUT2D eigenvalue weighted by molar-refractivity contribution is 0.0924. The first kappa shape index (κ1) is 14.9. The molecule has 0 aromatic carbocycles. The number of carbonyl (C=O) groups is 1. The van der Waals surface area contributed by atoms with Crippen LogP contribution in [-0.2, 0) is 4.74 Å². The van der Waals surface area contributed by atoms with Crippen LogP contribution < -0.4 is 11.1 Å². The van der Waals surface area contributed by atoms with E-state index in [0.717, 1.165) is 6.42 Å². The fraction of sp³-hybridized carbons (Fsp3) is 0.417. The number of carbonyl (C=O) groups excluding carboxylic acids is 1. The summed E-state index contributed by atoms with van der Waals surface area (Å²) in [5, 5.41) is 14.2. The SMILES string of the molecule is COCCC(C)NC(=O)c1ccc(C(N)=NO)cn1. The van der Waals surface area contributed by atoms with E-state index in [0.29, 0.717) is 12.2 Å². The first-order valence-electron chi connectivity index (χ1n) is 5.82. The van der Waals surface area contributed by atoms with Gasteiger partial charge >= 0.3 is 0 Å².